The van der Waals surface area contributed by atoms with E-state index in [1.54, 1.807) is 12.3 Å². The van der Waals surface area contributed by atoms with Crippen LogP contribution in [0.25, 0.3) is 6.20 Å². The third kappa shape index (κ3) is 4.26. The zero-order valence-electron chi connectivity index (χ0n) is 13.7. The normalized spacial score (nSPS) is 10.9. The van der Waals surface area contributed by atoms with Gasteiger partial charge in [0, 0.05) is 23.6 Å². The number of hydrogen-bond donors (Lipinski definition) is 0. The van der Waals surface area contributed by atoms with E-state index in [-0.39, 0.29) is 5.78 Å². The van der Waals surface area contributed by atoms with E-state index < -0.39 is 0 Å². The lowest BCUT2D eigenvalue weighted by atomic mass is 10.1. The fourth-order valence-corrected chi connectivity index (χ4v) is 2.54. The highest BCUT2D eigenvalue weighted by Gasteiger charge is 2.04. The van der Waals surface area contributed by atoms with Gasteiger partial charge in [0.25, 0.3) is 0 Å². The van der Waals surface area contributed by atoms with Crippen molar-refractivity contribution in [1.29, 1.82) is 0 Å². The second-order valence-electron chi connectivity index (χ2n) is 5.87. The van der Waals surface area contributed by atoms with E-state index in [0.29, 0.717) is 5.56 Å². The first-order chi connectivity index (χ1) is 11.7. The zero-order valence-corrected chi connectivity index (χ0v) is 13.7. The Labute approximate surface area is 142 Å². The second kappa shape index (κ2) is 7.51. The molecule has 0 saturated carbocycles. The first kappa shape index (κ1) is 15.9. The number of nitrogens with zero attached hydrogens (tertiary/aromatic N) is 1. The average Bonchev–Trinajstić information content (AvgIpc) is 2.61. The van der Waals surface area contributed by atoms with E-state index in [4.69, 9.17) is 0 Å². The van der Waals surface area contributed by atoms with Crippen LogP contribution < -0.4 is 4.57 Å². The number of allylic oxidation sites excluding steroid dienone is 1. The van der Waals surface area contributed by atoms with Crippen molar-refractivity contribution >= 4 is 12.0 Å². The molecule has 0 saturated heterocycles. The number of hydrogen-bond acceptors (Lipinski definition) is 1. The molecule has 2 nitrogen and oxygen atoms in total. The van der Waals surface area contributed by atoms with Crippen molar-refractivity contribution in [2.75, 3.05) is 0 Å². The molecule has 1 heterocycles. The van der Waals surface area contributed by atoms with Gasteiger partial charge in [-0.25, -0.2) is 0 Å². The maximum Gasteiger partial charge on any atom is 0.191 e. The van der Waals surface area contributed by atoms with Gasteiger partial charge in [0.1, 0.15) is 0 Å². The Kier molecular flexibility index (Phi) is 4.97. The van der Waals surface area contributed by atoms with Crippen LogP contribution >= 0.6 is 0 Å². The molecule has 0 aliphatic heterocycles. The molecular formula is C22H20NO+. The zero-order chi connectivity index (χ0) is 16.8. The van der Waals surface area contributed by atoms with Gasteiger partial charge < -0.3 is 0 Å². The van der Waals surface area contributed by atoms with Gasteiger partial charge in [0.15, 0.2) is 24.4 Å². The highest BCUT2D eigenvalue weighted by molar-refractivity contribution is 6.05. The summed E-state index contributed by atoms with van der Waals surface area (Å²) >= 11 is 0. The third-order valence-electron chi connectivity index (χ3n) is 3.87. The quantitative estimate of drug-likeness (QED) is 0.392. The first-order valence-electron chi connectivity index (χ1n) is 8.03. The summed E-state index contributed by atoms with van der Waals surface area (Å²) < 4.78 is 1.92. The number of benzene rings is 2. The Balaban J connectivity index is 1.72. The summed E-state index contributed by atoms with van der Waals surface area (Å²) in [6, 6.07) is 22.1. The minimum atomic E-state index is 0.0102. The summed E-state index contributed by atoms with van der Waals surface area (Å²) in [7, 11) is 0. The molecule has 2 aromatic carbocycles. The van der Waals surface area contributed by atoms with Gasteiger partial charge in [-0.05, 0) is 18.6 Å². The highest BCUT2D eigenvalue weighted by atomic mass is 16.1. The van der Waals surface area contributed by atoms with Crippen LogP contribution in [0.5, 0.6) is 0 Å². The van der Waals surface area contributed by atoms with Gasteiger partial charge in [0.05, 0.1) is 6.08 Å². The van der Waals surface area contributed by atoms with Gasteiger partial charge in [-0.2, -0.15) is 4.57 Å². The van der Waals surface area contributed by atoms with Gasteiger partial charge in [-0.3, -0.25) is 4.79 Å². The van der Waals surface area contributed by atoms with Crippen LogP contribution in [-0.4, -0.2) is 5.78 Å². The van der Waals surface area contributed by atoms with E-state index in [1.807, 2.05) is 72.4 Å². The van der Waals surface area contributed by atoms with Crippen molar-refractivity contribution in [3.63, 3.8) is 0 Å². The average molecular weight is 314 g/mol. The molecule has 0 aliphatic rings. The molecule has 2 heteroatoms. The van der Waals surface area contributed by atoms with Crippen LogP contribution in [0.1, 0.15) is 27.0 Å². The molecule has 0 radical (unpaired) electrons. The smallest absolute Gasteiger partial charge is 0.191 e. The fourth-order valence-electron chi connectivity index (χ4n) is 2.54. The predicted octanol–water partition coefficient (Wildman–Crippen LogP) is 4.23. The molecule has 0 N–H and O–H groups in total. The Hall–Kier alpha value is -3.00. The number of carbonyl (C=O) groups excluding carboxylic acids is 1. The standard InChI is InChI=1S/C22H20NO/c1-18-9-11-21(12-10-18)22(24)13-15-23-14-5-8-20(17-23)16-19-6-3-2-4-7-19/h2-15,17H,16H2,1H3/q+1. The number of ketones is 1. The Bertz CT molecular complexity index is 849. The monoisotopic (exact) mass is 314 g/mol. The summed E-state index contributed by atoms with van der Waals surface area (Å²) in [6.45, 7) is 2.01. The van der Waals surface area contributed by atoms with Crippen molar-refractivity contribution in [3.05, 3.63) is 107 Å². The van der Waals surface area contributed by atoms with Crippen molar-refractivity contribution in [1.82, 2.24) is 0 Å². The SMILES string of the molecule is Cc1ccc(C(=O)C=C[n+]2cccc(Cc3ccccc3)c2)cc1. The number of pyridine rings is 1. The molecule has 118 valence electrons. The number of carbonyl (C=O) groups is 1. The molecule has 0 aliphatic carbocycles. The van der Waals surface area contributed by atoms with Crippen LogP contribution in [0.2, 0.25) is 0 Å². The van der Waals surface area contributed by atoms with E-state index in [1.165, 1.54) is 11.1 Å². The van der Waals surface area contributed by atoms with Crippen LogP contribution in [0.4, 0.5) is 0 Å². The highest BCUT2D eigenvalue weighted by Crippen LogP contribution is 2.07. The van der Waals surface area contributed by atoms with Crippen molar-refractivity contribution < 1.29 is 9.36 Å². The lowest BCUT2D eigenvalue weighted by Gasteiger charge is -1.99. The summed E-state index contributed by atoms with van der Waals surface area (Å²) in [5.41, 5.74) is 4.34. The molecular weight excluding hydrogens is 294 g/mol. The lowest BCUT2D eigenvalue weighted by Crippen LogP contribution is -2.25. The van der Waals surface area contributed by atoms with Gasteiger partial charge in [0.2, 0.25) is 0 Å². The van der Waals surface area contributed by atoms with Crippen molar-refractivity contribution in [2.24, 2.45) is 0 Å². The van der Waals surface area contributed by atoms with E-state index in [0.717, 1.165) is 12.0 Å². The van der Waals surface area contributed by atoms with Crippen LogP contribution in [0.3, 0.4) is 0 Å². The fraction of sp³-hybridized carbons (Fsp3) is 0.0909. The topological polar surface area (TPSA) is 20.9 Å². The Morgan fingerprint density at radius 1 is 0.917 bits per heavy atom. The maximum absolute atomic E-state index is 12.2. The molecule has 0 bridgehead atoms. The summed E-state index contributed by atoms with van der Waals surface area (Å²) in [4.78, 5) is 12.2. The second-order valence-corrected chi connectivity index (χ2v) is 5.87. The molecule has 0 atom stereocenters. The van der Waals surface area contributed by atoms with Crippen LogP contribution in [0, 0.1) is 6.92 Å². The van der Waals surface area contributed by atoms with E-state index in [9.17, 15) is 4.79 Å². The molecule has 3 rings (SSSR count). The molecule has 3 aromatic rings. The van der Waals surface area contributed by atoms with Crippen LogP contribution in [-0.2, 0) is 6.42 Å². The third-order valence-corrected chi connectivity index (χ3v) is 3.87. The molecule has 1 aromatic heterocycles. The molecule has 0 amide bonds. The number of rotatable bonds is 5. The lowest BCUT2D eigenvalue weighted by molar-refractivity contribution is -0.568. The largest absolute Gasteiger partial charge is 0.289 e. The summed E-state index contributed by atoms with van der Waals surface area (Å²) in [6.07, 6.45) is 8.27. The van der Waals surface area contributed by atoms with Gasteiger partial charge in [-0.1, -0.05) is 60.2 Å². The first-order valence-corrected chi connectivity index (χ1v) is 8.03. The van der Waals surface area contributed by atoms with Gasteiger partial charge >= 0.3 is 0 Å². The van der Waals surface area contributed by atoms with E-state index in [2.05, 4.69) is 18.2 Å². The van der Waals surface area contributed by atoms with Crippen LogP contribution in [0.15, 0.2) is 85.2 Å². The number of aromatic nitrogens is 1. The van der Waals surface area contributed by atoms with Crippen molar-refractivity contribution in [3.8, 4) is 0 Å². The summed E-state index contributed by atoms with van der Waals surface area (Å²) in [5.74, 6) is 0.0102. The van der Waals surface area contributed by atoms with Crippen molar-refractivity contribution in [2.45, 2.75) is 13.3 Å². The molecule has 0 fully saturated rings. The van der Waals surface area contributed by atoms with Gasteiger partial charge in [-0.15, -0.1) is 0 Å². The minimum Gasteiger partial charge on any atom is -0.289 e. The predicted molar refractivity (Wildman–Crippen MR) is 96.7 cm³/mol. The molecule has 0 unspecified atom stereocenters. The molecule has 24 heavy (non-hydrogen) atoms. The Morgan fingerprint density at radius 3 is 2.38 bits per heavy atom. The maximum atomic E-state index is 12.2. The number of aryl methyl sites for hydroxylation is 1. The summed E-state index contributed by atoms with van der Waals surface area (Å²) in [5, 5.41) is 0. The minimum absolute atomic E-state index is 0.0102. The Morgan fingerprint density at radius 2 is 1.62 bits per heavy atom. The molecule has 0 spiro atoms. The van der Waals surface area contributed by atoms with E-state index >= 15 is 0 Å².